The molecular weight excluding hydrogens is 785 g/mol. The molecule has 290 valence electrons. The molecule has 0 saturated heterocycles. The summed E-state index contributed by atoms with van der Waals surface area (Å²) in [4.78, 5) is 0. The molecule has 0 N–H and O–H groups in total. The summed E-state index contributed by atoms with van der Waals surface area (Å²) in [6.45, 7) is 20.2. The quantitative estimate of drug-likeness (QED) is 0.0292. The third-order valence-electron chi connectivity index (χ3n) is 6.01. The van der Waals surface area contributed by atoms with E-state index < -0.39 is 0 Å². The fourth-order valence-corrected chi connectivity index (χ4v) is 7.35. The van der Waals surface area contributed by atoms with Crippen LogP contribution < -0.4 is 0 Å². The average Bonchev–Trinajstić information content (AvgIpc) is 2.96. The van der Waals surface area contributed by atoms with Crippen LogP contribution in [0.3, 0.4) is 0 Å². The van der Waals surface area contributed by atoms with Gasteiger partial charge in [0.15, 0.2) is 0 Å². The van der Waals surface area contributed by atoms with Gasteiger partial charge in [0.05, 0.1) is 107 Å². The Hall–Kier alpha value is 2.87. The van der Waals surface area contributed by atoms with Crippen LogP contribution in [0, 0.1) is 0 Å². The van der Waals surface area contributed by atoms with Crippen LogP contribution in [0.5, 0.6) is 0 Å². The first kappa shape index (κ1) is 50.9. The fraction of sp³-hybridized carbons (Fsp3) is 1.00. The maximum absolute atomic E-state index is 6.79. The van der Waals surface area contributed by atoms with E-state index in [4.69, 9.17) is 33.2 Å². The van der Waals surface area contributed by atoms with Crippen molar-refractivity contribution in [1.82, 2.24) is 0 Å². The van der Waals surface area contributed by atoms with Gasteiger partial charge in [0, 0.05) is 42.5 Å². The van der Waals surface area contributed by atoms with Crippen molar-refractivity contribution in [3.8, 4) is 0 Å². The third-order valence-corrected chi connectivity index (χ3v) is 9.70. The van der Waals surface area contributed by atoms with Crippen LogP contribution in [0.1, 0.15) is 48.5 Å². The molecule has 0 heterocycles. The first-order valence-electron chi connectivity index (χ1n) is 16.8. The molecule has 0 aromatic carbocycles. The summed E-state index contributed by atoms with van der Waals surface area (Å²) in [6, 6.07) is 0. The van der Waals surface area contributed by atoms with Gasteiger partial charge in [0.25, 0.3) is 0 Å². The van der Waals surface area contributed by atoms with Gasteiger partial charge in [-0.1, -0.05) is 48.5 Å². The number of ether oxygens (including phenoxy) is 7. The second-order valence-electron chi connectivity index (χ2n) is 12.5. The normalized spacial score (nSPS) is 19.9. The van der Waals surface area contributed by atoms with Crippen LogP contribution in [0.15, 0.2) is 0 Å². The highest BCUT2D eigenvalue weighted by Gasteiger charge is 2.39. The largest absolute Gasteiger partial charge is 0.379 e. The van der Waals surface area contributed by atoms with E-state index in [-0.39, 0.29) is 64.7 Å². The highest BCUT2D eigenvalue weighted by molar-refractivity contribution is 8.00. The monoisotopic (exact) mass is 850 g/mol. The van der Waals surface area contributed by atoms with E-state index in [9.17, 15) is 0 Å². The van der Waals surface area contributed by atoms with E-state index in [0.29, 0.717) is 79.3 Å². The Labute approximate surface area is 340 Å². The fourth-order valence-electron chi connectivity index (χ4n) is 4.11. The number of rotatable bonds is 33. The van der Waals surface area contributed by atoms with E-state index in [1.54, 1.807) is 23.5 Å². The Kier molecular flexibility index (Phi) is 34.1. The van der Waals surface area contributed by atoms with E-state index >= 15 is 0 Å². The van der Waals surface area contributed by atoms with Crippen molar-refractivity contribution in [2.75, 3.05) is 85.0 Å². The smallest absolute Gasteiger partial charge is 0.0989 e. The van der Waals surface area contributed by atoms with Gasteiger partial charge in [-0.15, -0.1) is 11.8 Å². The van der Waals surface area contributed by atoms with Gasteiger partial charge in [-0.3, -0.25) is 0 Å². The predicted octanol–water partition coefficient (Wildman–Crippen LogP) is 6.64. The van der Waals surface area contributed by atoms with Crippen molar-refractivity contribution >= 4 is 112 Å². The highest BCUT2D eigenvalue weighted by Crippen LogP contribution is 2.32. The highest BCUT2D eigenvalue weighted by atomic mass is 32.2. The Morgan fingerprint density at radius 1 is 0.396 bits per heavy atom. The number of hydrogen-bond acceptors (Lipinski definition) is 16. The minimum Gasteiger partial charge on any atom is -0.379 e. The van der Waals surface area contributed by atoms with Gasteiger partial charge in [0.2, 0.25) is 0 Å². The van der Waals surface area contributed by atoms with Gasteiger partial charge in [-0.25, -0.2) is 0 Å². The van der Waals surface area contributed by atoms with Gasteiger partial charge in [-0.05, 0) is 0 Å². The van der Waals surface area contributed by atoms with Crippen molar-refractivity contribution in [2.45, 2.75) is 113 Å². The van der Waals surface area contributed by atoms with Crippen LogP contribution in [-0.2, 0) is 33.2 Å². The minimum atomic E-state index is -0.380. The predicted molar refractivity (Wildman–Crippen MR) is 234 cm³/mol. The topological polar surface area (TPSA) is 64.6 Å². The molecule has 0 saturated carbocycles. The van der Waals surface area contributed by atoms with Crippen molar-refractivity contribution in [3.05, 3.63) is 0 Å². The molecule has 0 rings (SSSR count). The minimum absolute atomic E-state index is 0.000762. The Morgan fingerprint density at radius 3 is 1.12 bits per heavy atom. The summed E-state index contributed by atoms with van der Waals surface area (Å²) in [5, 5.41) is 0.422. The lowest BCUT2D eigenvalue weighted by molar-refractivity contribution is -0.0859. The summed E-state index contributed by atoms with van der Waals surface area (Å²) in [7, 11) is 0. The molecule has 0 spiro atoms. The molecule has 0 fully saturated rings. The molecule has 0 bridgehead atoms. The number of thiol groups is 7. The molecule has 0 radical (unpaired) electrons. The van der Waals surface area contributed by atoms with Crippen molar-refractivity contribution in [3.63, 3.8) is 0 Å². The lowest BCUT2D eigenvalue weighted by Crippen LogP contribution is -2.50. The van der Waals surface area contributed by atoms with Gasteiger partial charge in [-0.2, -0.15) is 100 Å². The second kappa shape index (κ2) is 32.1. The van der Waals surface area contributed by atoms with Gasteiger partial charge >= 0.3 is 0 Å². The Morgan fingerprint density at radius 2 is 0.729 bits per heavy atom. The zero-order valence-electron chi connectivity index (χ0n) is 29.9. The van der Waals surface area contributed by atoms with Gasteiger partial charge in [0.1, 0.15) is 0 Å². The Bertz CT molecular complexity index is 711. The molecule has 0 aromatic rings. The Balaban J connectivity index is 6.64. The lowest BCUT2D eigenvalue weighted by Gasteiger charge is -2.39. The molecule has 0 aliphatic carbocycles. The van der Waals surface area contributed by atoms with Crippen molar-refractivity contribution in [1.29, 1.82) is 0 Å². The SMILES string of the molecule is CC(S)COCCSC(COCC(C)S)C(OCC(C)S)C(OCC(C)S)C(COCC(C)S)SC(COCC(C)S)COCC(C)S. The van der Waals surface area contributed by atoms with Crippen LogP contribution >= 0.6 is 112 Å². The van der Waals surface area contributed by atoms with Crippen LogP contribution in [0.4, 0.5) is 0 Å². The van der Waals surface area contributed by atoms with Crippen LogP contribution in [-0.4, -0.2) is 150 Å². The zero-order valence-corrected chi connectivity index (χ0v) is 37.8. The van der Waals surface area contributed by atoms with Crippen molar-refractivity contribution in [2.24, 2.45) is 0 Å². The zero-order chi connectivity index (χ0) is 36.5. The molecule has 11 atom stereocenters. The molecule has 48 heavy (non-hydrogen) atoms. The second-order valence-corrected chi connectivity index (χ2v) is 21.5. The summed E-state index contributed by atoms with van der Waals surface area (Å²) in [6.07, 6.45) is -0.738. The molecule has 7 nitrogen and oxygen atoms in total. The standard InChI is InChI=1S/C32H66O7S9/c1-21(40)10-33-8-9-47-29(19-36-13-24(4)43)31(38-15-26(6)45)32(39-16-27(7)46)30(20-37-14-25(5)44)48-28(17-34-11-22(2)41)18-35-12-23(3)42/h21-32,40-46H,8-20H2,1-7H3. The van der Waals surface area contributed by atoms with E-state index in [2.05, 4.69) is 88.4 Å². The van der Waals surface area contributed by atoms with E-state index in [1.807, 2.05) is 48.5 Å². The first-order valence-corrected chi connectivity index (χ1v) is 22.4. The lowest BCUT2D eigenvalue weighted by atomic mass is 10.1. The summed E-state index contributed by atoms with van der Waals surface area (Å²) in [5.74, 6) is 0.760. The molecule has 0 amide bonds. The summed E-state index contributed by atoms with van der Waals surface area (Å²) < 4.78 is 44.1. The molecule has 0 aliphatic heterocycles. The number of hydrogen-bond donors (Lipinski definition) is 7. The average molecular weight is 851 g/mol. The van der Waals surface area contributed by atoms with Crippen molar-refractivity contribution < 1.29 is 33.2 Å². The summed E-state index contributed by atoms with van der Waals surface area (Å²) >= 11 is 35.5. The van der Waals surface area contributed by atoms with E-state index in [1.165, 1.54) is 0 Å². The third kappa shape index (κ3) is 30.2. The maximum atomic E-state index is 6.79. The molecule has 0 aliphatic rings. The summed E-state index contributed by atoms with van der Waals surface area (Å²) in [5.41, 5.74) is 0. The van der Waals surface area contributed by atoms with Crippen LogP contribution in [0.25, 0.3) is 0 Å². The van der Waals surface area contributed by atoms with Gasteiger partial charge < -0.3 is 33.2 Å². The molecule has 0 aromatic heterocycles. The van der Waals surface area contributed by atoms with Crippen LogP contribution in [0.2, 0.25) is 0 Å². The number of thioether (sulfide) groups is 2. The molecule has 11 unspecified atom stereocenters. The first-order chi connectivity index (χ1) is 22.6. The molecule has 16 heteroatoms. The maximum Gasteiger partial charge on any atom is 0.0989 e. The van der Waals surface area contributed by atoms with E-state index in [0.717, 1.165) is 5.75 Å². The molecular formula is C32H66O7S9.